The smallest absolute Gasteiger partial charge is 0.270 e. The fourth-order valence-corrected chi connectivity index (χ4v) is 5.13. The summed E-state index contributed by atoms with van der Waals surface area (Å²) in [5.74, 6) is 0.499. The molecule has 0 spiro atoms. The molecule has 1 aliphatic heterocycles. The molecule has 0 aromatic carbocycles. The van der Waals surface area contributed by atoms with Gasteiger partial charge < -0.3 is 10.1 Å². The number of rotatable bonds is 8. The second kappa shape index (κ2) is 9.60. The Balaban J connectivity index is 1.63. The molecule has 0 saturated carbocycles. The van der Waals surface area contributed by atoms with Crippen LogP contribution in [0.5, 0.6) is 0 Å². The summed E-state index contributed by atoms with van der Waals surface area (Å²) >= 11 is 3.17. The Kier molecular flexibility index (Phi) is 7.19. The molecule has 1 fully saturated rings. The van der Waals surface area contributed by atoms with Crippen LogP contribution < -0.4 is 5.32 Å². The van der Waals surface area contributed by atoms with Crippen molar-refractivity contribution in [2.24, 2.45) is 5.92 Å². The van der Waals surface area contributed by atoms with Crippen molar-refractivity contribution in [1.82, 2.24) is 15.2 Å². The number of thiophene rings is 1. The van der Waals surface area contributed by atoms with Crippen LogP contribution in [0.15, 0.2) is 22.9 Å². The maximum absolute atomic E-state index is 12.6. The highest BCUT2D eigenvalue weighted by Crippen LogP contribution is 2.27. The number of carbonyl (C=O) groups is 1. The minimum absolute atomic E-state index is 0.0757. The lowest BCUT2D eigenvalue weighted by atomic mass is 9.92. The molecule has 1 atom stereocenters. The molecule has 2 aromatic rings. The fourth-order valence-electron chi connectivity index (χ4n) is 3.52. The lowest BCUT2D eigenvalue weighted by Crippen LogP contribution is -2.52. The summed E-state index contributed by atoms with van der Waals surface area (Å²) in [6.45, 7) is 8.57. The molecule has 1 N–H and O–H groups in total. The molecule has 1 aliphatic rings. The summed E-state index contributed by atoms with van der Waals surface area (Å²) in [6, 6.07) is 4.39. The predicted octanol–water partition coefficient (Wildman–Crippen LogP) is 3.74. The summed E-state index contributed by atoms with van der Waals surface area (Å²) in [7, 11) is 0. The number of nitrogens with one attached hydrogen (secondary N) is 1. The van der Waals surface area contributed by atoms with Gasteiger partial charge in [0.1, 0.15) is 10.7 Å². The van der Waals surface area contributed by atoms with Crippen molar-refractivity contribution in [2.45, 2.75) is 32.7 Å². The molecule has 0 aliphatic carbocycles. The standard InChI is InChI=1S/C19H27N3O2S2/c1-3-14(4-2)16(22-7-9-24-10-8-22)12-20-18(23)15-13-26-19(21-15)17-6-5-11-25-17/h5-6,11,13-14,16H,3-4,7-10,12H2,1-2H3,(H,20,23). The summed E-state index contributed by atoms with van der Waals surface area (Å²) in [4.78, 5) is 20.7. The van der Waals surface area contributed by atoms with Crippen LogP contribution >= 0.6 is 22.7 Å². The molecule has 1 saturated heterocycles. The van der Waals surface area contributed by atoms with Gasteiger partial charge in [-0.3, -0.25) is 9.69 Å². The van der Waals surface area contributed by atoms with Gasteiger partial charge in [-0.15, -0.1) is 22.7 Å². The number of ether oxygens (including phenoxy) is 1. The fraction of sp³-hybridized carbons (Fsp3) is 0.579. The number of nitrogens with zero attached hydrogens (tertiary/aromatic N) is 2. The average Bonchev–Trinajstić information content (AvgIpc) is 3.37. The summed E-state index contributed by atoms with van der Waals surface area (Å²) < 4.78 is 5.49. The van der Waals surface area contributed by atoms with E-state index < -0.39 is 0 Å². The van der Waals surface area contributed by atoms with Gasteiger partial charge >= 0.3 is 0 Å². The Morgan fingerprint density at radius 1 is 1.31 bits per heavy atom. The van der Waals surface area contributed by atoms with Gasteiger partial charge in [0.05, 0.1) is 18.1 Å². The van der Waals surface area contributed by atoms with Crippen molar-refractivity contribution < 1.29 is 9.53 Å². The van der Waals surface area contributed by atoms with Crippen molar-refractivity contribution in [1.29, 1.82) is 0 Å². The van der Waals surface area contributed by atoms with E-state index in [-0.39, 0.29) is 5.91 Å². The van der Waals surface area contributed by atoms with E-state index in [1.165, 1.54) is 11.3 Å². The van der Waals surface area contributed by atoms with Crippen molar-refractivity contribution in [3.8, 4) is 9.88 Å². The van der Waals surface area contributed by atoms with E-state index in [1.807, 2.05) is 22.9 Å². The number of thiazole rings is 1. The topological polar surface area (TPSA) is 54.5 Å². The molecular weight excluding hydrogens is 366 g/mol. The highest BCUT2D eigenvalue weighted by Gasteiger charge is 2.27. The molecule has 7 heteroatoms. The molecule has 2 aromatic heterocycles. The third kappa shape index (κ3) is 4.71. The average molecular weight is 394 g/mol. The monoisotopic (exact) mass is 393 g/mol. The Morgan fingerprint density at radius 2 is 2.08 bits per heavy atom. The van der Waals surface area contributed by atoms with Gasteiger partial charge in [0.2, 0.25) is 0 Å². The lowest BCUT2D eigenvalue weighted by Gasteiger charge is -2.38. The largest absolute Gasteiger partial charge is 0.379 e. The first-order valence-electron chi connectivity index (χ1n) is 9.32. The minimum atomic E-state index is -0.0757. The molecule has 142 valence electrons. The van der Waals surface area contributed by atoms with Crippen LogP contribution in [0.25, 0.3) is 9.88 Å². The van der Waals surface area contributed by atoms with Gasteiger partial charge in [-0.25, -0.2) is 4.98 Å². The number of amides is 1. The third-order valence-electron chi connectivity index (χ3n) is 5.05. The zero-order chi connectivity index (χ0) is 18.4. The molecule has 3 rings (SSSR count). The van der Waals surface area contributed by atoms with Crippen LogP contribution in [-0.4, -0.2) is 54.7 Å². The van der Waals surface area contributed by atoms with Gasteiger partial charge in [0.15, 0.2) is 0 Å². The molecule has 0 radical (unpaired) electrons. The number of carbonyl (C=O) groups excluding carboxylic acids is 1. The number of aromatic nitrogens is 1. The van der Waals surface area contributed by atoms with Gasteiger partial charge in [0, 0.05) is 31.1 Å². The van der Waals surface area contributed by atoms with E-state index in [0.29, 0.717) is 24.2 Å². The quantitative estimate of drug-likeness (QED) is 0.742. The molecule has 3 heterocycles. The van der Waals surface area contributed by atoms with Crippen LogP contribution in [0.4, 0.5) is 0 Å². The van der Waals surface area contributed by atoms with E-state index >= 15 is 0 Å². The van der Waals surface area contributed by atoms with Crippen molar-refractivity contribution in [3.05, 3.63) is 28.6 Å². The molecule has 1 amide bonds. The lowest BCUT2D eigenvalue weighted by molar-refractivity contribution is 0.00190. The Hall–Kier alpha value is -1.28. The third-order valence-corrected chi connectivity index (χ3v) is 6.93. The summed E-state index contributed by atoms with van der Waals surface area (Å²) in [5.41, 5.74) is 0.517. The van der Waals surface area contributed by atoms with E-state index in [2.05, 4.69) is 29.0 Å². The zero-order valence-electron chi connectivity index (χ0n) is 15.4. The van der Waals surface area contributed by atoms with Gasteiger partial charge in [-0.1, -0.05) is 32.8 Å². The van der Waals surface area contributed by atoms with Gasteiger partial charge in [0.25, 0.3) is 5.91 Å². The van der Waals surface area contributed by atoms with E-state index in [4.69, 9.17) is 4.74 Å². The van der Waals surface area contributed by atoms with Crippen molar-refractivity contribution in [3.63, 3.8) is 0 Å². The number of morpholine rings is 1. The molecule has 26 heavy (non-hydrogen) atoms. The molecular formula is C19H27N3O2S2. The van der Waals surface area contributed by atoms with Crippen molar-refractivity contribution in [2.75, 3.05) is 32.8 Å². The normalized spacial score (nSPS) is 16.7. The number of hydrogen-bond donors (Lipinski definition) is 1. The first-order valence-corrected chi connectivity index (χ1v) is 11.1. The van der Waals surface area contributed by atoms with Crippen molar-refractivity contribution >= 4 is 28.6 Å². The van der Waals surface area contributed by atoms with Crippen LogP contribution in [0.1, 0.15) is 37.2 Å². The Labute approximate surface area is 163 Å². The minimum Gasteiger partial charge on any atom is -0.379 e. The summed E-state index contributed by atoms with van der Waals surface area (Å²) in [5, 5.41) is 7.92. The maximum Gasteiger partial charge on any atom is 0.270 e. The Morgan fingerprint density at radius 3 is 2.73 bits per heavy atom. The first kappa shape index (κ1) is 19.5. The first-order chi connectivity index (χ1) is 12.7. The number of hydrogen-bond acceptors (Lipinski definition) is 6. The SMILES string of the molecule is CCC(CC)C(CNC(=O)c1csc(-c2cccs2)n1)N1CCOCC1. The van der Waals surface area contributed by atoms with E-state index in [9.17, 15) is 4.79 Å². The van der Waals surface area contributed by atoms with Crippen LogP contribution in [0.2, 0.25) is 0 Å². The highest BCUT2D eigenvalue weighted by atomic mass is 32.1. The van der Waals surface area contributed by atoms with E-state index in [0.717, 1.165) is 49.0 Å². The molecule has 5 nitrogen and oxygen atoms in total. The highest BCUT2D eigenvalue weighted by molar-refractivity contribution is 7.20. The molecule has 0 bridgehead atoms. The van der Waals surface area contributed by atoms with Gasteiger partial charge in [-0.2, -0.15) is 0 Å². The molecule has 1 unspecified atom stereocenters. The van der Waals surface area contributed by atoms with E-state index in [1.54, 1.807) is 11.3 Å². The summed E-state index contributed by atoms with van der Waals surface area (Å²) in [6.07, 6.45) is 2.24. The Bertz CT molecular complexity index is 677. The van der Waals surface area contributed by atoms with Crippen LogP contribution in [0, 0.1) is 5.92 Å². The zero-order valence-corrected chi connectivity index (χ0v) is 17.1. The second-order valence-electron chi connectivity index (χ2n) is 6.52. The van der Waals surface area contributed by atoms with Crippen LogP contribution in [0.3, 0.4) is 0 Å². The van der Waals surface area contributed by atoms with Gasteiger partial charge in [-0.05, 0) is 17.4 Å². The maximum atomic E-state index is 12.6. The van der Waals surface area contributed by atoms with Crippen LogP contribution in [-0.2, 0) is 4.74 Å². The second-order valence-corrected chi connectivity index (χ2v) is 8.32. The predicted molar refractivity (Wildman–Crippen MR) is 108 cm³/mol.